The van der Waals surface area contributed by atoms with Gasteiger partial charge in [-0.05, 0) is 26.0 Å². The van der Waals surface area contributed by atoms with Gasteiger partial charge in [-0.3, -0.25) is 4.98 Å². The van der Waals surface area contributed by atoms with E-state index in [9.17, 15) is 0 Å². The van der Waals surface area contributed by atoms with Crippen LogP contribution in [0.25, 0.3) is 0 Å². The van der Waals surface area contributed by atoms with Crippen LogP contribution in [-0.2, 0) is 10.3 Å². The number of rotatable bonds is 1. The standard InChI is InChI=1S/C9H11NO/c1-7-4-3-5-8(10-7)9(2)6-11-9/h3-5H,6H2,1-2H3. The molecule has 0 N–H and O–H groups in total. The fraction of sp³-hybridized carbons (Fsp3) is 0.444. The maximum atomic E-state index is 5.27. The average Bonchev–Trinajstić information content (AvgIpc) is 2.70. The number of aryl methyl sites for hydroxylation is 1. The molecule has 0 aliphatic carbocycles. The van der Waals surface area contributed by atoms with Crippen LogP contribution < -0.4 is 0 Å². The molecule has 11 heavy (non-hydrogen) atoms. The van der Waals surface area contributed by atoms with Gasteiger partial charge >= 0.3 is 0 Å². The molecular formula is C9H11NO. The lowest BCUT2D eigenvalue weighted by Crippen LogP contribution is -2.05. The van der Waals surface area contributed by atoms with Gasteiger partial charge in [0, 0.05) is 5.69 Å². The number of epoxide rings is 1. The summed E-state index contributed by atoms with van der Waals surface area (Å²) < 4.78 is 5.27. The van der Waals surface area contributed by atoms with Crippen LogP contribution in [0.2, 0.25) is 0 Å². The van der Waals surface area contributed by atoms with Crippen LogP contribution in [-0.4, -0.2) is 11.6 Å². The lowest BCUT2D eigenvalue weighted by atomic mass is 10.1. The van der Waals surface area contributed by atoms with Gasteiger partial charge in [-0.25, -0.2) is 0 Å². The number of ether oxygens (including phenoxy) is 1. The van der Waals surface area contributed by atoms with Gasteiger partial charge in [-0.15, -0.1) is 0 Å². The van der Waals surface area contributed by atoms with Crippen LogP contribution in [0.15, 0.2) is 18.2 Å². The lowest BCUT2D eigenvalue weighted by molar-refractivity contribution is 0.323. The smallest absolute Gasteiger partial charge is 0.130 e. The Labute approximate surface area is 66.2 Å². The highest BCUT2D eigenvalue weighted by molar-refractivity contribution is 5.19. The molecule has 2 rings (SSSR count). The van der Waals surface area contributed by atoms with Crippen molar-refractivity contribution in [3.63, 3.8) is 0 Å². The van der Waals surface area contributed by atoms with E-state index < -0.39 is 0 Å². The molecule has 0 radical (unpaired) electrons. The van der Waals surface area contributed by atoms with Crippen molar-refractivity contribution in [2.75, 3.05) is 6.61 Å². The summed E-state index contributed by atoms with van der Waals surface area (Å²) in [5.41, 5.74) is 2.03. The molecule has 2 heteroatoms. The van der Waals surface area contributed by atoms with Gasteiger partial charge in [0.2, 0.25) is 0 Å². The predicted molar refractivity (Wildman–Crippen MR) is 42.3 cm³/mol. The molecule has 0 aromatic carbocycles. The zero-order valence-electron chi connectivity index (χ0n) is 6.79. The van der Waals surface area contributed by atoms with Crippen LogP contribution >= 0.6 is 0 Å². The fourth-order valence-corrected chi connectivity index (χ4v) is 1.09. The minimum atomic E-state index is -0.0774. The Hall–Kier alpha value is -0.890. The van der Waals surface area contributed by atoms with E-state index in [1.807, 2.05) is 25.1 Å². The second kappa shape index (κ2) is 2.05. The SMILES string of the molecule is Cc1cccc(C2(C)CO2)n1. The summed E-state index contributed by atoms with van der Waals surface area (Å²) in [6.07, 6.45) is 0. The molecule has 1 aliphatic rings. The molecule has 1 unspecified atom stereocenters. The van der Waals surface area contributed by atoms with Gasteiger partial charge in [0.1, 0.15) is 5.60 Å². The number of nitrogens with zero attached hydrogens (tertiary/aromatic N) is 1. The van der Waals surface area contributed by atoms with E-state index in [0.717, 1.165) is 18.0 Å². The number of pyridine rings is 1. The summed E-state index contributed by atoms with van der Waals surface area (Å²) in [7, 11) is 0. The quantitative estimate of drug-likeness (QED) is 0.567. The number of hydrogen-bond donors (Lipinski definition) is 0. The first-order valence-electron chi connectivity index (χ1n) is 3.79. The molecule has 0 amide bonds. The zero-order valence-corrected chi connectivity index (χ0v) is 6.79. The molecule has 58 valence electrons. The molecule has 1 fully saturated rings. The predicted octanol–water partition coefficient (Wildman–Crippen LogP) is 1.64. The van der Waals surface area contributed by atoms with Gasteiger partial charge in [0.25, 0.3) is 0 Å². The Morgan fingerprint density at radius 1 is 1.55 bits per heavy atom. The van der Waals surface area contributed by atoms with E-state index in [1.54, 1.807) is 0 Å². The number of aromatic nitrogens is 1. The van der Waals surface area contributed by atoms with Gasteiger partial charge in [-0.1, -0.05) is 6.07 Å². The summed E-state index contributed by atoms with van der Waals surface area (Å²) in [5.74, 6) is 0. The molecule has 1 saturated heterocycles. The Bertz CT molecular complexity index is 279. The molecule has 0 spiro atoms. The first-order valence-corrected chi connectivity index (χ1v) is 3.79. The average molecular weight is 149 g/mol. The van der Waals surface area contributed by atoms with Crippen LogP contribution in [0.4, 0.5) is 0 Å². The van der Waals surface area contributed by atoms with Crippen molar-refractivity contribution in [3.8, 4) is 0 Å². The Morgan fingerprint density at radius 3 is 2.82 bits per heavy atom. The van der Waals surface area contributed by atoms with Crippen LogP contribution in [0.1, 0.15) is 18.3 Å². The van der Waals surface area contributed by atoms with Crippen molar-refractivity contribution in [1.29, 1.82) is 0 Å². The van der Waals surface area contributed by atoms with Gasteiger partial charge in [-0.2, -0.15) is 0 Å². The van der Waals surface area contributed by atoms with E-state index in [-0.39, 0.29) is 5.60 Å². The minimum Gasteiger partial charge on any atom is -0.363 e. The van der Waals surface area contributed by atoms with Crippen molar-refractivity contribution < 1.29 is 4.74 Å². The summed E-state index contributed by atoms with van der Waals surface area (Å²) >= 11 is 0. The highest BCUT2D eigenvalue weighted by Gasteiger charge is 2.42. The molecule has 2 heterocycles. The van der Waals surface area contributed by atoms with E-state index in [2.05, 4.69) is 11.9 Å². The van der Waals surface area contributed by atoms with E-state index in [0.29, 0.717) is 0 Å². The Morgan fingerprint density at radius 2 is 2.27 bits per heavy atom. The molecule has 1 aliphatic heterocycles. The van der Waals surface area contributed by atoms with E-state index in [1.165, 1.54) is 0 Å². The number of hydrogen-bond acceptors (Lipinski definition) is 2. The van der Waals surface area contributed by atoms with E-state index in [4.69, 9.17) is 4.74 Å². The third kappa shape index (κ3) is 1.14. The summed E-state index contributed by atoms with van der Waals surface area (Å²) in [5, 5.41) is 0. The van der Waals surface area contributed by atoms with E-state index >= 15 is 0 Å². The third-order valence-corrected chi connectivity index (χ3v) is 2.01. The zero-order chi connectivity index (χ0) is 7.90. The molecule has 1 aromatic heterocycles. The maximum absolute atomic E-state index is 5.27. The highest BCUT2D eigenvalue weighted by Crippen LogP contribution is 2.36. The third-order valence-electron chi connectivity index (χ3n) is 2.01. The monoisotopic (exact) mass is 149 g/mol. The van der Waals surface area contributed by atoms with Crippen molar-refractivity contribution in [2.24, 2.45) is 0 Å². The molecule has 1 atom stereocenters. The van der Waals surface area contributed by atoms with Gasteiger partial charge in [0.05, 0.1) is 12.3 Å². The van der Waals surface area contributed by atoms with Crippen molar-refractivity contribution in [2.45, 2.75) is 19.4 Å². The highest BCUT2D eigenvalue weighted by atomic mass is 16.6. The van der Waals surface area contributed by atoms with Crippen molar-refractivity contribution >= 4 is 0 Å². The molecule has 1 aromatic rings. The Balaban J connectivity index is 2.38. The summed E-state index contributed by atoms with van der Waals surface area (Å²) in [4.78, 5) is 4.38. The Kier molecular flexibility index (Phi) is 1.26. The van der Waals surface area contributed by atoms with Gasteiger partial charge < -0.3 is 4.74 Å². The van der Waals surface area contributed by atoms with Crippen molar-refractivity contribution in [1.82, 2.24) is 4.98 Å². The van der Waals surface area contributed by atoms with Gasteiger partial charge in [0.15, 0.2) is 0 Å². The van der Waals surface area contributed by atoms with Crippen LogP contribution in [0, 0.1) is 6.92 Å². The van der Waals surface area contributed by atoms with Crippen LogP contribution in [0.3, 0.4) is 0 Å². The second-order valence-electron chi connectivity index (χ2n) is 3.18. The van der Waals surface area contributed by atoms with Crippen molar-refractivity contribution in [3.05, 3.63) is 29.6 Å². The second-order valence-corrected chi connectivity index (χ2v) is 3.18. The summed E-state index contributed by atoms with van der Waals surface area (Å²) in [6, 6.07) is 6.03. The molecule has 2 nitrogen and oxygen atoms in total. The molecule has 0 bridgehead atoms. The lowest BCUT2D eigenvalue weighted by Gasteiger charge is -2.03. The maximum Gasteiger partial charge on any atom is 0.130 e. The largest absolute Gasteiger partial charge is 0.363 e. The first kappa shape index (κ1) is 6.80. The topological polar surface area (TPSA) is 25.4 Å². The molecular weight excluding hydrogens is 138 g/mol. The minimum absolute atomic E-state index is 0.0774. The first-order chi connectivity index (χ1) is 5.21. The molecule has 0 saturated carbocycles. The fourth-order valence-electron chi connectivity index (χ4n) is 1.09. The summed E-state index contributed by atoms with van der Waals surface area (Å²) in [6.45, 7) is 4.87. The normalized spacial score (nSPS) is 28.5. The van der Waals surface area contributed by atoms with Crippen LogP contribution in [0.5, 0.6) is 0 Å².